The van der Waals surface area contributed by atoms with Gasteiger partial charge in [-0.3, -0.25) is 0 Å². The first-order chi connectivity index (χ1) is 12.5. The van der Waals surface area contributed by atoms with Crippen molar-refractivity contribution in [2.45, 2.75) is 0 Å². The van der Waals surface area contributed by atoms with Gasteiger partial charge in [-0.05, 0) is 48.0 Å². The molecule has 0 amide bonds. The monoisotopic (exact) mass is 351 g/mol. The molecule has 134 valence electrons. The summed E-state index contributed by atoms with van der Waals surface area (Å²) >= 11 is 0. The SMILES string of the molecule is COc1ccc(OC)c(C2=CC(=Cc3ccc(N(C)C)cc3)C(=O)O2)c1. The van der Waals surface area contributed by atoms with Gasteiger partial charge in [-0.25, -0.2) is 4.79 Å². The van der Waals surface area contributed by atoms with Gasteiger partial charge in [0.25, 0.3) is 0 Å². The Morgan fingerprint density at radius 2 is 1.73 bits per heavy atom. The molecule has 5 heteroatoms. The van der Waals surface area contributed by atoms with Crippen LogP contribution in [0.25, 0.3) is 11.8 Å². The molecule has 0 fully saturated rings. The third-order valence-corrected chi connectivity index (χ3v) is 4.13. The van der Waals surface area contributed by atoms with Crippen LogP contribution in [-0.4, -0.2) is 34.3 Å². The lowest BCUT2D eigenvalue weighted by Gasteiger charge is -2.11. The maximum atomic E-state index is 12.3. The van der Waals surface area contributed by atoms with Crippen LogP contribution in [0.3, 0.4) is 0 Å². The average molecular weight is 351 g/mol. The minimum atomic E-state index is -0.387. The van der Waals surface area contributed by atoms with E-state index in [2.05, 4.69) is 0 Å². The molecule has 3 rings (SSSR count). The number of ether oxygens (including phenoxy) is 3. The van der Waals surface area contributed by atoms with Gasteiger partial charge >= 0.3 is 5.97 Å². The van der Waals surface area contributed by atoms with Crippen molar-refractivity contribution in [3.63, 3.8) is 0 Å². The molecule has 0 radical (unpaired) electrons. The third-order valence-electron chi connectivity index (χ3n) is 4.13. The summed E-state index contributed by atoms with van der Waals surface area (Å²) in [6, 6.07) is 13.3. The molecule has 0 spiro atoms. The fourth-order valence-electron chi connectivity index (χ4n) is 2.68. The number of carbonyl (C=O) groups excluding carboxylic acids is 1. The number of benzene rings is 2. The molecule has 0 N–H and O–H groups in total. The van der Waals surface area contributed by atoms with E-state index in [0.717, 1.165) is 11.3 Å². The van der Waals surface area contributed by atoms with Gasteiger partial charge < -0.3 is 19.1 Å². The zero-order valence-electron chi connectivity index (χ0n) is 15.3. The highest BCUT2D eigenvalue weighted by atomic mass is 16.5. The first-order valence-corrected chi connectivity index (χ1v) is 8.17. The number of carbonyl (C=O) groups is 1. The van der Waals surface area contributed by atoms with E-state index in [4.69, 9.17) is 14.2 Å². The first kappa shape index (κ1) is 17.6. The van der Waals surface area contributed by atoms with Crippen molar-refractivity contribution < 1.29 is 19.0 Å². The normalized spacial score (nSPS) is 14.8. The molecule has 2 aromatic rings. The Morgan fingerprint density at radius 1 is 1.00 bits per heavy atom. The summed E-state index contributed by atoms with van der Waals surface area (Å²) in [7, 11) is 7.13. The zero-order chi connectivity index (χ0) is 18.7. The molecule has 0 bridgehead atoms. The quantitative estimate of drug-likeness (QED) is 0.606. The molecule has 5 nitrogen and oxygen atoms in total. The van der Waals surface area contributed by atoms with Crippen LogP contribution in [0.5, 0.6) is 11.5 Å². The highest BCUT2D eigenvalue weighted by Crippen LogP contribution is 2.35. The predicted octanol–water partition coefficient (Wildman–Crippen LogP) is 3.75. The minimum Gasteiger partial charge on any atom is -0.497 e. The Balaban J connectivity index is 1.94. The molecule has 0 aliphatic carbocycles. The minimum absolute atomic E-state index is 0.387. The summed E-state index contributed by atoms with van der Waals surface area (Å²) in [4.78, 5) is 14.3. The van der Waals surface area contributed by atoms with Crippen LogP contribution in [0.2, 0.25) is 0 Å². The fraction of sp³-hybridized carbons (Fsp3) is 0.190. The van der Waals surface area contributed by atoms with Crippen LogP contribution in [0.15, 0.2) is 54.1 Å². The van der Waals surface area contributed by atoms with Gasteiger partial charge in [0.15, 0.2) is 0 Å². The van der Waals surface area contributed by atoms with Crippen LogP contribution in [0.1, 0.15) is 11.1 Å². The van der Waals surface area contributed by atoms with Gasteiger partial charge in [-0.1, -0.05) is 12.1 Å². The first-order valence-electron chi connectivity index (χ1n) is 8.17. The lowest BCUT2D eigenvalue weighted by molar-refractivity contribution is -0.130. The number of hydrogen-bond donors (Lipinski definition) is 0. The van der Waals surface area contributed by atoms with E-state index in [0.29, 0.717) is 28.4 Å². The number of cyclic esters (lactones) is 1. The van der Waals surface area contributed by atoms with Crippen molar-refractivity contribution in [3.05, 3.63) is 65.2 Å². The van der Waals surface area contributed by atoms with Gasteiger partial charge in [-0.2, -0.15) is 0 Å². The lowest BCUT2D eigenvalue weighted by atomic mass is 10.1. The average Bonchev–Trinajstić information content (AvgIpc) is 3.02. The number of hydrogen-bond acceptors (Lipinski definition) is 5. The smallest absolute Gasteiger partial charge is 0.343 e. The van der Waals surface area contributed by atoms with E-state index in [1.165, 1.54) is 0 Å². The van der Waals surface area contributed by atoms with Crippen molar-refractivity contribution >= 4 is 23.5 Å². The lowest BCUT2D eigenvalue weighted by Crippen LogP contribution is -2.07. The number of nitrogens with zero attached hydrogens (tertiary/aromatic N) is 1. The molecular weight excluding hydrogens is 330 g/mol. The highest BCUT2D eigenvalue weighted by Gasteiger charge is 2.24. The van der Waals surface area contributed by atoms with E-state index in [9.17, 15) is 4.79 Å². The molecule has 0 aromatic heterocycles. The highest BCUT2D eigenvalue weighted by molar-refractivity contribution is 6.05. The van der Waals surface area contributed by atoms with E-state index in [-0.39, 0.29) is 5.97 Å². The Kier molecular flexibility index (Phi) is 4.98. The Morgan fingerprint density at radius 3 is 2.35 bits per heavy atom. The van der Waals surface area contributed by atoms with Crippen LogP contribution >= 0.6 is 0 Å². The van der Waals surface area contributed by atoms with Crippen LogP contribution in [0.4, 0.5) is 5.69 Å². The molecule has 2 aromatic carbocycles. The Labute approximate surface area is 153 Å². The van der Waals surface area contributed by atoms with Crippen molar-refractivity contribution in [3.8, 4) is 11.5 Å². The van der Waals surface area contributed by atoms with Crippen LogP contribution in [0, 0.1) is 0 Å². The number of methoxy groups -OCH3 is 2. The van der Waals surface area contributed by atoms with Crippen molar-refractivity contribution in [2.24, 2.45) is 0 Å². The topological polar surface area (TPSA) is 48.0 Å². The van der Waals surface area contributed by atoms with Gasteiger partial charge in [0, 0.05) is 19.8 Å². The van der Waals surface area contributed by atoms with Gasteiger partial charge in [0.05, 0.1) is 25.4 Å². The second-order valence-electron chi connectivity index (χ2n) is 6.05. The summed E-state index contributed by atoms with van der Waals surface area (Å²) in [5.74, 6) is 1.33. The van der Waals surface area contributed by atoms with E-state index in [1.807, 2.05) is 43.3 Å². The van der Waals surface area contributed by atoms with E-state index in [1.54, 1.807) is 44.6 Å². The molecule has 0 atom stereocenters. The number of esters is 1. The number of anilines is 1. The van der Waals surface area contributed by atoms with Crippen LogP contribution in [-0.2, 0) is 9.53 Å². The molecule has 1 aliphatic heterocycles. The van der Waals surface area contributed by atoms with Crippen molar-refractivity contribution in [2.75, 3.05) is 33.2 Å². The molecule has 0 unspecified atom stereocenters. The second kappa shape index (κ2) is 7.35. The Bertz CT molecular complexity index is 879. The third kappa shape index (κ3) is 3.57. The van der Waals surface area contributed by atoms with E-state index < -0.39 is 0 Å². The summed E-state index contributed by atoms with van der Waals surface area (Å²) in [5, 5.41) is 0. The van der Waals surface area contributed by atoms with Gasteiger partial charge in [-0.15, -0.1) is 0 Å². The molecule has 0 saturated carbocycles. The van der Waals surface area contributed by atoms with Gasteiger partial charge in [0.2, 0.25) is 0 Å². The Hall–Kier alpha value is -3.21. The predicted molar refractivity (Wildman–Crippen MR) is 102 cm³/mol. The standard InChI is InChI=1S/C21H21NO4/c1-22(2)16-7-5-14(6-8-16)11-15-12-20(26-21(15)23)18-13-17(24-3)9-10-19(18)25-4/h5-13H,1-4H3. The molecule has 1 aliphatic rings. The zero-order valence-corrected chi connectivity index (χ0v) is 15.3. The van der Waals surface area contributed by atoms with E-state index >= 15 is 0 Å². The number of rotatable bonds is 5. The van der Waals surface area contributed by atoms with Gasteiger partial charge in [0.1, 0.15) is 17.3 Å². The largest absolute Gasteiger partial charge is 0.497 e. The fourth-order valence-corrected chi connectivity index (χ4v) is 2.68. The maximum absolute atomic E-state index is 12.3. The maximum Gasteiger partial charge on any atom is 0.343 e. The van der Waals surface area contributed by atoms with Crippen molar-refractivity contribution in [1.29, 1.82) is 0 Å². The molecule has 0 saturated heterocycles. The summed E-state index contributed by atoms with van der Waals surface area (Å²) in [6.07, 6.45) is 3.53. The molecular formula is C21H21NO4. The second-order valence-corrected chi connectivity index (χ2v) is 6.05. The van der Waals surface area contributed by atoms with Crippen molar-refractivity contribution in [1.82, 2.24) is 0 Å². The molecule has 1 heterocycles. The van der Waals surface area contributed by atoms with Crippen LogP contribution < -0.4 is 14.4 Å². The molecule has 26 heavy (non-hydrogen) atoms. The summed E-state index contributed by atoms with van der Waals surface area (Å²) in [6.45, 7) is 0. The summed E-state index contributed by atoms with van der Waals surface area (Å²) < 4.78 is 16.1. The summed E-state index contributed by atoms with van der Waals surface area (Å²) in [5.41, 5.74) is 3.19.